The third kappa shape index (κ3) is 3.32. The zero-order valence-corrected chi connectivity index (χ0v) is 14.9. The maximum atomic E-state index is 13.2. The van der Waals surface area contributed by atoms with Gasteiger partial charge in [0.15, 0.2) is 5.78 Å². The molecule has 1 spiro atoms. The molecule has 122 valence electrons. The molecule has 1 atom stereocenters. The summed E-state index contributed by atoms with van der Waals surface area (Å²) in [5, 5.41) is 0. The van der Waals surface area contributed by atoms with Crippen LogP contribution in [-0.4, -0.2) is 54.0 Å². The molecule has 2 heterocycles. The molecule has 21 heavy (non-hydrogen) atoms. The Morgan fingerprint density at radius 1 is 1.29 bits per heavy atom. The maximum Gasteiger partial charge on any atom is 0.156 e. The van der Waals surface area contributed by atoms with Crippen molar-refractivity contribution < 1.29 is 9.53 Å². The fourth-order valence-corrected chi connectivity index (χ4v) is 5.41. The number of likely N-dealkylation sites (N-methyl/N-ethyl adjacent to an activating group) is 1. The first kappa shape index (κ1) is 17.3. The second kappa shape index (κ2) is 7.01. The predicted molar refractivity (Wildman–Crippen MR) is 90.0 cm³/mol. The zero-order chi connectivity index (χ0) is 15.5. The minimum atomic E-state index is -0.285. The van der Waals surface area contributed by atoms with Gasteiger partial charge in [-0.1, -0.05) is 13.8 Å². The van der Waals surface area contributed by atoms with Crippen LogP contribution in [0.25, 0.3) is 0 Å². The van der Waals surface area contributed by atoms with Gasteiger partial charge < -0.3 is 4.74 Å². The molecule has 0 aliphatic carbocycles. The van der Waals surface area contributed by atoms with E-state index in [1.54, 1.807) is 0 Å². The molecule has 0 amide bonds. The third-order valence-electron chi connectivity index (χ3n) is 5.75. The predicted octanol–water partition coefficient (Wildman–Crippen LogP) is 3.37. The van der Waals surface area contributed by atoms with Gasteiger partial charge in [0.25, 0.3) is 0 Å². The van der Waals surface area contributed by atoms with Crippen LogP contribution in [0.4, 0.5) is 0 Å². The van der Waals surface area contributed by atoms with E-state index in [0.29, 0.717) is 5.78 Å². The first-order valence-electron chi connectivity index (χ1n) is 8.43. The topological polar surface area (TPSA) is 29.5 Å². The van der Waals surface area contributed by atoms with Crippen LogP contribution >= 0.6 is 11.8 Å². The summed E-state index contributed by atoms with van der Waals surface area (Å²) in [4.78, 5) is 15.4. The largest absolute Gasteiger partial charge is 0.375 e. The standard InChI is InChI=1S/C17H31NO2S/c1-5-17(6-2,18(3)4)15(19)14-7-10-20-16(13-14)8-11-21-12-9-16/h14H,5-13H2,1-4H3. The fourth-order valence-electron chi connectivity index (χ4n) is 4.17. The lowest BCUT2D eigenvalue weighted by atomic mass is 9.73. The molecule has 2 rings (SSSR count). The molecule has 0 bridgehead atoms. The second-order valence-electron chi connectivity index (χ2n) is 6.83. The van der Waals surface area contributed by atoms with Crippen LogP contribution in [0.2, 0.25) is 0 Å². The zero-order valence-electron chi connectivity index (χ0n) is 14.1. The minimum absolute atomic E-state index is 0.00334. The van der Waals surface area contributed by atoms with E-state index in [1.807, 2.05) is 11.8 Å². The summed E-state index contributed by atoms with van der Waals surface area (Å²) in [7, 11) is 4.11. The first-order valence-corrected chi connectivity index (χ1v) is 9.58. The van der Waals surface area contributed by atoms with E-state index >= 15 is 0 Å². The van der Waals surface area contributed by atoms with E-state index in [2.05, 4.69) is 32.8 Å². The number of ether oxygens (including phenoxy) is 1. The van der Waals surface area contributed by atoms with Crippen LogP contribution in [0.5, 0.6) is 0 Å². The van der Waals surface area contributed by atoms with E-state index in [-0.39, 0.29) is 17.1 Å². The van der Waals surface area contributed by atoms with Gasteiger partial charge in [0.05, 0.1) is 11.1 Å². The molecule has 2 fully saturated rings. The van der Waals surface area contributed by atoms with Gasteiger partial charge >= 0.3 is 0 Å². The molecule has 3 nitrogen and oxygen atoms in total. The number of carbonyl (C=O) groups is 1. The Morgan fingerprint density at radius 3 is 2.43 bits per heavy atom. The van der Waals surface area contributed by atoms with Gasteiger partial charge in [0, 0.05) is 12.5 Å². The lowest BCUT2D eigenvalue weighted by molar-refractivity contribution is -0.148. The summed E-state index contributed by atoms with van der Waals surface area (Å²) < 4.78 is 6.15. The van der Waals surface area contributed by atoms with Crippen LogP contribution < -0.4 is 0 Å². The molecule has 4 heteroatoms. The molecule has 0 saturated carbocycles. The number of Topliss-reactive ketones (excluding diaryl/α,β-unsaturated/α-hetero) is 1. The first-order chi connectivity index (χ1) is 9.99. The lowest BCUT2D eigenvalue weighted by Gasteiger charge is -2.46. The van der Waals surface area contributed by atoms with Crippen molar-refractivity contribution in [1.29, 1.82) is 0 Å². The van der Waals surface area contributed by atoms with Crippen LogP contribution in [0.3, 0.4) is 0 Å². The highest BCUT2D eigenvalue weighted by atomic mass is 32.2. The highest BCUT2D eigenvalue weighted by molar-refractivity contribution is 7.99. The van der Waals surface area contributed by atoms with Crippen molar-refractivity contribution in [3.63, 3.8) is 0 Å². The van der Waals surface area contributed by atoms with Crippen molar-refractivity contribution in [3.8, 4) is 0 Å². The van der Waals surface area contributed by atoms with Crippen LogP contribution in [0.1, 0.15) is 52.4 Å². The fraction of sp³-hybridized carbons (Fsp3) is 0.941. The Balaban J connectivity index is 2.14. The molecular weight excluding hydrogens is 282 g/mol. The number of hydrogen-bond acceptors (Lipinski definition) is 4. The van der Waals surface area contributed by atoms with E-state index < -0.39 is 0 Å². The van der Waals surface area contributed by atoms with E-state index in [9.17, 15) is 4.79 Å². The summed E-state index contributed by atoms with van der Waals surface area (Å²) in [6.07, 6.45) is 5.89. The molecule has 0 N–H and O–H groups in total. The molecule has 2 aliphatic heterocycles. The summed E-state index contributed by atoms with van der Waals surface area (Å²) in [5.41, 5.74) is -0.282. The van der Waals surface area contributed by atoms with Crippen molar-refractivity contribution >= 4 is 17.5 Å². The SMILES string of the molecule is CCC(CC)(C(=O)C1CCOC2(CCSCC2)C1)N(C)C. The van der Waals surface area contributed by atoms with Gasteiger partial charge in [-0.3, -0.25) is 9.69 Å². The van der Waals surface area contributed by atoms with Crippen LogP contribution in [-0.2, 0) is 9.53 Å². The summed E-state index contributed by atoms with van der Waals surface area (Å²) in [6.45, 7) is 5.06. The molecule has 2 saturated heterocycles. The number of hydrogen-bond donors (Lipinski definition) is 0. The molecular formula is C17H31NO2S. The average molecular weight is 314 g/mol. The van der Waals surface area contributed by atoms with E-state index in [1.165, 1.54) is 11.5 Å². The van der Waals surface area contributed by atoms with Crippen LogP contribution in [0, 0.1) is 5.92 Å². The number of carbonyl (C=O) groups excluding carboxylic acids is 1. The lowest BCUT2D eigenvalue weighted by Crippen LogP contribution is -2.55. The number of ketones is 1. The van der Waals surface area contributed by atoms with Gasteiger partial charge in [-0.15, -0.1) is 0 Å². The van der Waals surface area contributed by atoms with Gasteiger partial charge in [-0.05, 0) is 64.1 Å². The van der Waals surface area contributed by atoms with Gasteiger partial charge in [-0.25, -0.2) is 0 Å². The van der Waals surface area contributed by atoms with E-state index in [0.717, 1.165) is 45.1 Å². The Kier molecular flexibility index (Phi) is 5.77. The molecule has 0 radical (unpaired) electrons. The van der Waals surface area contributed by atoms with Gasteiger partial charge in [-0.2, -0.15) is 11.8 Å². The Bertz CT molecular complexity index is 354. The monoisotopic (exact) mass is 313 g/mol. The third-order valence-corrected chi connectivity index (χ3v) is 6.74. The average Bonchev–Trinajstić information content (AvgIpc) is 2.49. The summed E-state index contributed by atoms with van der Waals surface area (Å²) in [5.74, 6) is 3.00. The summed E-state index contributed by atoms with van der Waals surface area (Å²) in [6, 6.07) is 0. The molecule has 0 aromatic rings. The molecule has 0 aromatic carbocycles. The highest BCUT2D eigenvalue weighted by Crippen LogP contribution is 2.42. The Labute approximate surface area is 134 Å². The number of nitrogens with zero attached hydrogens (tertiary/aromatic N) is 1. The van der Waals surface area contributed by atoms with Crippen molar-refractivity contribution in [3.05, 3.63) is 0 Å². The second-order valence-corrected chi connectivity index (χ2v) is 8.06. The Hall–Kier alpha value is -0.0600. The molecule has 1 unspecified atom stereocenters. The van der Waals surface area contributed by atoms with Crippen molar-refractivity contribution in [2.45, 2.75) is 63.5 Å². The van der Waals surface area contributed by atoms with E-state index in [4.69, 9.17) is 4.74 Å². The maximum absolute atomic E-state index is 13.2. The number of rotatable bonds is 5. The Morgan fingerprint density at radius 2 is 1.90 bits per heavy atom. The van der Waals surface area contributed by atoms with Crippen LogP contribution in [0.15, 0.2) is 0 Å². The van der Waals surface area contributed by atoms with Crippen molar-refractivity contribution in [2.24, 2.45) is 5.92 Å². The van der Waals surface area contributed by atoms with Crippen molar-refractivity contribution in [1.82, 2.24) is 4.90 Å². The quantitative estimate of drug-likeness (QED) is 0.778. The highest BCUT2D eigenvalue weighted by Gasteiger charge is 2.46. The smallest absolute Gasteiger partial charge is 0.156 e. The minimum Gasteiger partial charge on any atom is -0.375 e. The normalized spacial score (nSPS) is 26.2. The van der Waals surface area contributed by atoms with Gasteiger partial charge in [0.1, 0.15) is 0 Å². The van der Waals surface area contributed by atoms with Gasteiger partial charge in [0.2, 0.25) is 0 Å². The number of thioether (sulfide) groups is 1. The molecule has 0 aromatic heterocycles. The summed E-state index contributed by atoms with van der Waals surface area (Å²) >= 11 is 2.02. The van der Waals surface area contributed by atoms with Crippen molar-refractivity contribution in [2.75, 3.05) is 32.2 Å². The molecule has 2 aliphatic rings.